The molecule has 1 fully saturated rings. The first-order valence-corrected chi connectivity index (χ1v) is 10.8. The molecule has 0 unspecified atom stereocenters. The number of hydrogen-bond acceptors (Lipinski definition) is 5. The summed E-state index contributed by atoms with van der Waals surface area (Å²) in [5.74, 6) is 0. The number of likely N-dealkylation sites (tertiary alicyclic amines) is 1. The number of carbonyl (C=O) groups excluding carboxylic acids is 1. The minimum absolute atomic E-state index is 0.202. The largest absolute Gasteiger partial charge is 0.463 e. The Bertz CT molecular complexity index is 909. The zero-order valence-corrected chi connectivity index (χ0v) is 18.3. The van der Waals surface area contributed by atoms with E-state index >= 15 is 0 Å². The highest BCUT2D eigenvalue weighted by atomic mass is 79.9. The van der Waals surface area contributed by atoms with Crippen molar-refractivity contribution in [2.45, 2.75) is 38.0 Å². The first-order valence-electron chi connectivity index (χ1n) is 9.63. The Morgan fingerprint density at radius 3 is 2.69 bits per heavy atom. The highest BCUT2D eigenvalue weighted by molar-refractivity contribution is 9.10. The van der Waals surface area contributed by atoms with Crippen molar-refractivity contribution >= 4 is 39.7 Å². The second kappa shape index (κ2) is 8.86. The fraction of sp³-hybridized carbons (Fsp3) is 0.364. The number of carbonyl (C=O) groups is 1. The first kappa shape index (κ1) is 20.4. The van der Waals surface area contributed by atoms with E-state index in [4.69, 9.17) is 21.2 Å². The fourth-order valence-electron chi connectivity index (χ4n) is 3.89. The zero-order valence-electron chi connectivity index (χ0n) is 15.9. The van der Waals surface area contributed by atoms with Gasteiger partial charge in [0.25, 0.3) is 6.47 Å². The number of ether oxygens (including phenoxy) is 1. The van der Waals surface area contributed by atoms with E-state index in [-0.39, 0.29) is 12.2 Å². The monoisotopic (exact) mass is 476 g/mol. The van der Waals surface area contributed by atoms with Crippen LogP contribution in [0.5, 0.6) is 0 Å². The molecule has 1 saturated heterocycles. The van der Waals surface area contributed by atoms with Crippen molar-refractivity contribution in [2.75, 3.05) is 13.1 Å². The number of nitrogens with zero attached hydrogens (tertiary/aromatic N) is 2. The van der Waals surface area contributed by atoms with Crippen LogP contribution >= 0.6 is 27.5 Å². The normalized spacial score (nSPS) is 18.3. The van der Waals surface area contributed by atoms with Gasteiger partial charge in [0.05, 0.1) is 5.71 Å². The lowest BCUT2D eigenvalue weighted by Gasteiger charge is -2.37. The molecule has 0 aromatic heterocycles. The molecule has 0 N–H and O–H groups in total. The Hall–Kier alpha value is -1.89. The molecule has 7 heteroatoms. The summed E-state index contributed by atoms with van der Waals surface area (Å²) < 4.78 is 5.84. The molecule has 29 heavy (non-hydrogen) atoms. The minimum atomic E-state index is -0.202. The van der Waals surface area contributed by atoms with Gasteiger partial charge in [-0.1, -0.05) is 57.0 Å². The molecule has 0 amide bonds. The maximum atomic E-state index is 10.3. The number of halogens is 2. The van der Waals surface area contributed by atoms with Gasteiger partial charge in [0.1, 0.15) is 12.2 Å². The van der Waals surface area contributed by atoms with Crippen LogP contribution < -0.4 is 0 Å². The summed E-state index contributed by atoms with van der Waals surface area (Å²) in [7, 11) is 0. The quantitative estimate of drug-likeness (QED) is 0.553. The van der Waals surface area contributed by atoms with Crippen molar-refractivity contribution in [3.63, 3.8) is 0 Å². The predicted octanol–water partition coefficient (Wildman–Crippen LogP) is 4.93. The third-order valence-corrected chi connectivity index (χ3v) is 6.48. The van der Waals surface area contributed by atoms with Gasteiger partial charge in [-0.05, 0) is 34.9 Å². The third-order valence-electron chi connectivity index (χ3n) is 5.61. The predicted molar refractivity (Wildman–Crippen MR) is 116 cm³/mol. The van der Waals surface area contributed by atoms with Gasteiger partial charge in [-0.25, -0.2) is 0 Å². The molecule has 1 spiro atoms. The minimum Gasteiger partial charge on any atom is -0.463 e. The molecule has 0 radical (unpaired) electrons. The van der Waals surface area contributed by atoms with Crippen molar-refractivity contribution < 1.29 is 14.4 Å². The van der Waals surface area contributed by atoms with E-state index in [1.807, 2.05) is 36.4 Å². The van der Waals surface area contributed by atoms with Gasteiger partial charge < -0.3 is 9.57 Å². The summed E-state index contributed by atoms with van der Waals surface area (Å²) >= 11 is 9.87. The summed E-state index contributed by atoms with van der Waals surface area (Å²) in [4.78, 5) is 18.7. The molecule has 152 valence electrons. The van der Waals surface area contributed by atoms with E-state index in [0.717, 1.165) is 70.8 Å². The molecule has 0 bridgehead atoms. The van der Waals surface area contributed by atoms with Crippen LogP contribution in [0.4, 0.5) is 0 Å². The van der Waals surface area contributed by atoms with Crippen LogP contribution in [-0.4, -0.2) is 35.8 Å². The van der Waals surface area contributed by atoms with Gasteiger partial charge in [0.2, 0.25) is 0 Å². The number of oxime groups is 1. The van der Waals surface area contributed by atoms with Crippen LogP contribution in [0.1, 0.15) is 36.0 Å². The lowest BCUT2D eigenvalue weighted by Crippen LogP contribution is -2.44. The molecule has 2 aromatic rings. The van der Waals surface area contributed by atoms with Crippen molar-refractivity contribution in [2.24, 2.45) is 5.16 Å². The van der Waals surface area contributed by atoms with E-state index in [1.54, 1.807) is 0 Å². The van der Waals surface area contributed by atoms with E-state index in [9.17, 15) is 4.79 Å². The van der Waals surface area contributed by atoms with E-state index in [0.29, 0.717) is 6.47 Å². The van der Waals surface area contributed by atoms with Crippen LogP contribution in [0, 0.1) is 0 Å². The van der Waals surface area contributed by atoms with Gasteiger partial charge in [0, 0.05) is 48.4 Å². The zero-order chi connectivity index (χ0) is 20.3. The SMILES string of the molecule is O=COCc1ccc(C2=NOC3(CCN(Cc4cc(Br)ccc4Cl)CC3)C2)cc1. The van der Waals surface area contributed by atoms with Crippen molar-refractivity contribution in [1.82, 2.24) is 4.90 Å². The Kier molecular flexibility index (Phi) is 6.23. The van der Waals surface area contributed by atoms with Crippen LogP contribution in [0.25, 0.3) is 0 Å². The maximum Gasteiger partial charge on any atom is 0.293 e. The van der Waals surface area contributed by atoms with Crippen molar-refractivity contribution in [3.05, 3.63) is 68.7 Å². The second-order valence-electron chi connectivity index (χ2n) is 7.61. The van der Waals surface area contributed by atoms with Crippen LogP contribution in [0.3, 0.4) is 0 Å². The molecule has 2 aliphatic rings. The van der Waals surface area contributed by atoms with Crippen molar-refractivity contribution in [3.8, 4) is 0 Å². The molecule has 0 saturated carbocycles. The lowest BCUT2D eigenvalue weighted by atomic mass is 9.85. The van der Waals surface area contributed by atoms with Crippen molar-refractivity contribution in [1.29, 1.82) is 0 Å². The second-order valence-corrected chi connectivity index (χ2v) is 8.93. The maximum absolute atomic E-state index is 10.3. The summed E-state index contributed by atoms with van der Waals surface area (Å²) in [6, 6.07) is 13.9. The van der Waals surface area contributed by atoms with Gasteiger partial charge in [0.15, 0.2) is 0 Å². The summed E-state index contributed by atoms with van der Waals surface area (Å²) in [5, 5.41) is 5.20. The van der Waals surface area contributed by atoms with Crippen LogP contribution in [0.2, 0.25) is 5.02 Å². The van der Waals surface area contributed by atoms with Gasteiger partial charge in [-0.3, -0.25) is 9.69 Å². The molecule has 2 aromatic carbocycles. The Morgan fingerprint density at radius 1 is 1.21 bits per heavy atom. The summed E-state index contributed by atoms with van der Waals surface area (Å²) in [5.41, 5.74) is 3.93. The van der Waals surface area contributed by atoms with Gasteiger partial charge in [-0.2, -0.15) is 0 Å². The standard InChI is InChI=1S/C22H22BrClN2O3/c23-19-5-6-20(24)18(11-19)13-26-9-7-22(8-10-26)12-21(25-29-22)17-3-1-16(2-4-17)14-28-15-27/h1-6,11,15H,7-10,12-14H2. The van der Waals surface area contributed by atoms with Gasteiger partial charge in [-0.15, -0.1) is 0 Å². The van der Waals surface area contributed by atoms with Crippen LogP contribution in [0.15, 0.2) is 52.1 Å². The number of hydrogen-bond donors (Lipinski definition) is 0. The highest BCUT2D eigenvalue weighted by Crippen LogP contribution is 2.37. The Morgan fingerprint density at radius 2 is 1.97 bits per heavy atom. The van der Waals surface area contributed by atoms with E-state index in [1.165, 1.54) is 0 Å². The summed E-state index contributed by atoms with van der Waals surface area (Å²) in [6.07, 6.45) is 2.70. The first-order chi connectivity index (χ1) is 14.1. The molecular weight excluding hydrogens is 456 g/mol. The number of rotatable bonds is 6. The van der Waals surface area contributed by atoms with Gasteiger partial charge >= 0.3 is 0 Å². The molecule has 5 nitrogen and oxygen atoms in total. The van der Waals surface area contributed by atoms with E-state index in [2.05, 4.69) is 32.1 Å². The van der Waals surface area contributed by atoms with Crippen LogP contribution in [-0.2, 0) is 27.5 Å². The Labute approximate surface area is 183 Å². The number of piperidine rings is 1. The molecule has 2 heterocycles. The third kappa shape index (κ3) is 4.82. The lowest BCUT2D eigenvalue weighted by molar-refractivity contribution is -0.129. The average Bonchev–Trinajstić information content (AvgIpc) is 3.15. The smallest absolute Gasteiger partial charge is 0.293 e. The molecule has 0 atom stereocenters. The fourth-order valence-corrected chi connectivity index (χ4v) is 4.48. The molecular formula is C22H22BrClN2O3. The summed E-state index contributed by atoms with van der Waals surface area (Å²) in [6.45, 7) is 3.49. The Balaban J connectivity index is 1.33. The van der Waals surface area contributed by atoms with E-state index < -0.39 is 0 Å². The topological polar surface area (TPSA) is 51.1 Å². The molecule has 0 aliphatic carbocycles. The average molecular weight is 478 g/mol. The number of benzene rings is 2. The highest BCUT2D eigenvalue weighted by Gasteiger charge is 2.42. The molecule has 4 rings (SSSR count). The molecule has 2 aliphatic heterocycles.